The van der Waals surface area contributed by atoms with Crippen LogP contribution in [-0.4, -0.2) is 37.2 Å². The summed E-state index contributed by atoms with van der Waals surface area (Å²) in [6.45, 7) is 6.58. The minimum atomic E-state index is -0.783. The van der Waals surface area contributed by atoms with E-state index in [2.05, 4.69) is 69.4 Å². The van der Waals surface area contributed by atoms with Crippen molar-refractivity contribution in [3.8, 4) is 0 Å². The van der Waals surface area contributed by atoms with Gasteiger partial charge in [-0.05, 0) is 77.0 Å². The highest BCUT2D eigenvalue weighted by Gasteiger charge is 2.19. The van der Waals surface area contributed by atoms with E-state index >= 15 is 0 Å². The molecule has 0 aliphatic heterocycles. The SMILES string of the molecule is CC/C=C\C/C=C\C/C=C\CCCCCCCC(=O)OCC(COC(=O)CCCCCCCCCCCCCCCCCCCCCCCCCCCCCCCCC)OC(=O)CCCCCCCCC/C=C\CCCCCCCCC. The van der Waals surface area contributed by atoms with Crippen molar-refractivity contribution in [1.29, 1.82) is 0 Å². The summed E-state index contributed by atoms with van der Waals surface area (Å²) >= 11 is 0. The molecule has 0 aromatic heterocycles. The minimum Gasteiger partial charge on any atom is -0.462 e. The number of hydrogen-bond donors (Lipinski definition) is 0. The van der Waals surface area contributed by atoms with Gasteiger partial charge in [0.15, 0.2) is 6.10 Å². The lowest BCUT2D eigenvalue weighted by Crippen LogP contribution is -2.30. The number of esters is 3. The zero-order valence-corrected chi connectivity index (χ0v) is 55.3. The van der Waals surface area contributed by atoms with Gasteiger partial charge in [0.05, 0.1) is 0 Å². The van der Waals surface area contributed by atoms with Crippen LogP contribution in [0.4, 0.5) is 0 Å². The molecule has 6 nitrogen and oxygen atoms in total. The largest absolute Gasteiger partial charge is 0.462 e. The highest BCUT2D eigenvalue weighted by molar-refractivity contribution is 5.71. The fraction of sp³-hybridized carbons (Fsp3) is 0.855. The molecule has 0 spiro atoms. The standard InChI is InChI=1S/C76H140O6/c1-4-7-10-13-16-19-22-25-28-30-32-33-34-35-36-37-38-39-40-41-42-43-44-46-48-51-54-57-60-63-66-69-75(78)81-72-73(71-80-74(77)68-65-62-59-56-53-50-47-27-24-21-18-15-12-9-6-3)82-76(79)70-67-64-61-58-55-52-49-45-31-29-26-23-20-17-14-11-8-5-2/h9,12,18,21,27,29,31,47,73H,4-8,10-11,13-17,19-20,22-26,28,30,32-46,48-72H2,1-3H3/b12-9-,21-18-,31-29-,47-27-. The molecule has 0 bridgehead atoms. The predicted octanol–water partition coefficient (Wildman–Crippen LogP) is 25.3. The van der Waals surface area contributed by atoms with Crippen LogP contribution in [0.5, 0.6) is 0 Å². The summed E-state index contributed by atoms with van der Waals surface area (Å²) in [5.74, 6) is -0.873. The van der Waals surface area contributed by atoms with Crippen LogP contribution in [0.1, 0.15) is 400 Å². The fourth-order valence-electron chi connectivity index (χ4n) is 11.1. The van der Waals surface area contributed by atoms with E-state index in [-0.39, 0.29) is 31.1 Å². The topological polar surface area (TPSA) is 78.9 Å². The first-order valence-corrected chi connectivity index (χ1v) is 36.6. The molecule has 0 fully saturated rings. The van der Waals surface area contributed by atoms with Crippen LogP contribution >= 0.6 is 0 Å². The lowest BCUT2D eigenvalue weighted by Gasteiger charge is -2.18. The van der Waals surface area contributed by atoms with E-state index in [1.54, 1.807) is 0 Å². The number of rotatable bonds is 68. The summed E-state index contributed by atoms with van der Waals surface area (Å²) in [7, 11) is 0. The lowest BCUT2D eigenvalue weighted by molar-refractivity contribution is -0.167. The molecule has 82 heavy (non-hydrogen) atoms. The quantitative estimate of drug-likeness (QED) is 0.0261. The van der Waals surface area contributed by atoms with Gasteiger partial charge in [0.1, 0.15) is 13.2 Å². The van der Waals surface area contributed by atoms with Crippen LogP contribution in [-0.2, 0) is 28.6 Å². The van der Waals surface area contributed by atoms with E-state index in [0.717, 1.165) is 96.3 Å². The van der Waals surface area contributed by atoms with Crippen molar-refractivity contribution in [3.63, 3.8) is 0 Å². The van der Waals surface area contributed by atoms with E-state index in [1.165, 1.54) is 263 Å². The Morgan fingerprint density at radius 1 is 0.256 bits per heavy atom. The van der Waals surface area contributed by atoms with E-state index in [4.69, 9.17) is 14.2 Å². The highest BCUT2D eigenvalue weighted by Crippen LogP contribution is 2.19. The molecule has 0 aliphatic rings. The van der Waals surface area contributed by atoms with Crippen molar-refractivity contribution in [3.05, 3.63) is 48.6 Å². The first kappa shape index (κ1) is 79.4. The first-order chi connectivity index (χ1) is 40.5. The highest BCUT2D eigenvalue weighted by atomic mass is 16.6. The predicted molar refractivity (Wildman–Crippen MR) is 358 cm³/mol. The molecule has 0 radical (unpaired) electrons. The molecule has 0 rings (SSSR count). The summed E-state index contributed by atoms with van der Waals surface area (Å²) in [6.07, 6.45) is 90.2. The maximum atomic E-state index is 12.9. The summed E-state index contributed by atoms with van der Waals surface area (Å²) < 4.78 is 17.0. The van der Waals surface area contributed by atoms with Gasteiger partial charge in [-0.2, -0.15) is 0 Å². The molecule has 0 aromatic rings. The Kier molecular flexibility index (Phi) is 68.6. The molecule has 6 heteroatoms. The van der Waals surface area contributed by atoms with Crippen molar-refractivity contribution in [1.82, 2.24) is 0 Å². The van der Waals surface area contributed by atoms with Crippen LogP contribution in [0.2, 0.25) is 0 Å². The second-order valence-corrected chi connectivity index (χ2v) is 24.8. The second kappa shape index (κ2) is 70.9. The third kappa shape index (κ3) is 68.2. The van der Waals surface area contributed by atoms with Gasteiger partial charge in [-0.3, -0.25) is 14.4 Å². The molecule has 0 saturated heterocycles. The molecule has 0 N–H and O–H groups in total. The van der Waals surface area contributed by atoms with E-state index in [9.17, 15) is 14.4 Å². The van der Waals surface area contributed by atoms with E-state index < -0.39 is 6.10 Å². The van der Waals surface area contributed by atoms with Crippen molar-refractivity contribution in [2.75, 3.05) is 13.2 Å². The average molecular weight is 1150 g/mol. The van der Waals surface area contributed by atoms with Crippen LogP contribution in [0.3, 0.4) is 0 Å². The number of unbranched alkanes of at least 4 members (excludes halogenated alkanes) is 49. The maximum Gasteiger partial charge on any atom is 0.306 e. The summed E-state index contributed by atoms with van der Waals surface area (Å²) in [5, 5.41) is 0. The Morgan fingerprint density at radius 2 is 0.476 bits per heavy atom. The van der Waals surface area contributed by atoms with Crippen LogP contribution in [0.15, 0.2) is 48.6 Å². The summed E-state index contributed by atoms with van der Waals surface area (Å²) in [5.41, 5.74) is 0. The smallest absolute Gasteiger partial charge is 0.306 e. The van der Waals surface area contributed by atoms with Crippen LogP contribution in [0.25, 0.3) is 0 Å². The molecule has 1 atom stereocenters. The average Bonchev–Trinajstić information content (AvgIpc) is 3.47. The van der Waals surface area contributed by atoms with Gasteiger partial charge in [-0.15, -0.1) is 0 Å². The zero-order chi connectivity index (χ0) is 59.2. The van der Waals surface area contributed by atoms with Gasteiger partial charge < -0.3 is 14.2 Å². The lowest BCUT2D eigenvalue weighted by atomic mass is 10.0. The van der Waals surface area contributed by atoms with Gasteiger partial charge in [-0.1, -0.05) is 352 Å². The maximum absolute atomic E-state index is 12.9. The monoisotopic (exact) mass is 1150 g/mol. The van der Waals surface area contributed by atoms with Crippen molar-refractivity contribution in [2.45, 2.75) is 406 Å². The van der Waals surface area contributed by atoms with Gasteiger partial charge >= 0.3 is 17.9 Å². The van der Waals surface area contributed by atoms with Crippen molar-refractivity contribution < 1.29 is 28.6 Å². The molecular weight excluding hydrogens is 1010 g/mol. The number of carbonyl (C=O) groups excluding carboxylic acids is 3. The normalized spacial score (nSPS) is 12.3. The third-order valence-corrected chi connectivity index (χ3v) is 16.6. The molecule has 480 valence electrons. The minimum absolute atomic E-state index is 0.0766. The van der Waals surface area contributed by atoms with E-state index in [0.29, 0.717) is 19.3 Å². The molecule has 0 aliphatic carbocycles. The first-order valence-electron chi connectivity index (χ1n) is 36.6. The van der Waals surface area contributed by atoms with Crippen LogP contribution in [0, 0.1) is 0 Å². The summed E-state index contributed by atoms with van der Waals surface area (Å²) in [4.78, 5) is 38.4. The molecule has 0 heterocycles. The second-order valence-electron chi connectivity index (χ2n) is 24.8. The van der Waals surface area contributed by atoms with Crippen molar-refractivity contribution in [2.24, 2.45) is 0 Å². The molecule has 1 unspecified atom stereocenters. The van der Waals surface area contributed by atoms with Gasteiger partial charge in [0, 0.05) is 19.3 Å². The van der Waals surface area contributed by atoms with Gasteiger partial charge in [0.2, 0.25) is 0 Å². The Hall–Kier alpha value is -2.63. The Labute approximate surface area is 511 Å². The Morgan fingerprint density at radius 3 is 0.756 bits per heavy atom. The van der Waals surface area contributed by atoms with Gasteiger partial charge in [-0.25, -0.2) is 0 Å². The number of ether oxygens (including phenoxy) is 3. The Balaban J connectivity index is 4.18. The zero-order valence-electron chi connectivity index (χ0n) is 55.3. The molecule has 0 saturated carbocycles. The number of allylic oxidation sites excluding steroid dienone is 8. The molecule has 0 aromatic carbocycles. The number of hydrogen-bond acceptors (Lipinski definition) is 6. The Bertz CT molecular complexity index is 1410. The van der Waals surface area contributed by atoms with Gasteiger partial charge in [0.25, 0.3) is 0 Å². The molecule has 0 amide bonds. The van der Waals surface area contributed by atoms with Crippen LogP contribution < -0.4 is 0 Å². The fourth-order valence-corrected chi connectivity index (χ4v) is 11.1. The summed E-state index contributed by atoms with van der Waals surface area (Å²) in [6, 6.07) is 0. The number of carbonyl (C=O) groups is 3. The van der Waals surface area contributed by atoms with E-state index in [1.807, 2.05) is 0 Å². The van der Waals surface area contributed by atoms with Crippen molar-refractivity contribution >= 4 is 17.9 Å². The third-order valence-electron chi connectivity index (χ3n) is 16.6. The molecular formula is C76H140O6.